The number of benzene rings is 1. The molecule has 17 heavy (non-hydrogen) atoms. The van der Waals surface area contributed by atoms with Crippen LogP contribution in [-0.4, -0.2) is 11.0 Å². The Labute approximate surface area is 103 Å². The number of amides is 1. The fourth-order valence-corrected chi connectivity index (χ4v) is 2.22. The van der Waals surface area contributed by atoms with Gasteiger partial charge in [-0.25, -0.2) is 0 Å². The van der Waals surface area contributed by atoms with Crippen LogP contribution < -0.4 is 5.73 Å². The second kappa shape index (κ2) is 4.40. The molecule has 1 aromatic carbocycles. The van der Waals surface area contributed by atoms with Crippen LogP contribution in [0.4, 0.5) is 0 Å². The third kappa shape index (κ3) is 3.22. The summed E-state index contributed by atoms with van der Waals surface area (Å²) in [4.78, 5) is 11.7. The molecule has 0 saturated heterocycles. The van der Waals surface area contributed by atoms with Crippen LogP contribution >= 0.6 is 0 Å². The predicted octanol–water partition coefficient (Wildman–Crippen LogP) is 2.57. The van der Waals surface area contributed by atoms with Crippen molar-refractivity contribution in [3.63, 3.8) is 0 Å². The Hall–Kier alpha value is -1.51. The highest BCUT2D eigenvalue weighted by atomic mass is 16.3. The molecule has 0 heterocycles. The predicted molar refractivity (Wildman–Crippen MR) is 68.7 cm³/mol. The smallest absolute Gasteiger partial charge is 0.227 e. The number of primary amides is 1. The molecule has 0 spiro atoms. The first-order valence-corrected chi connectivity index (χ1v) is 5.74. The van der Waals surface area contributed by atoms with E-state index in [1.165, 1.54) is 0 Å². The van der Waals surface area contributed by atoms with Crippen molar-refractivity contribution in [2.24, 2.45) is 11.1 Å². The first kappa shape index (κ1) is 13.6. The molecule has 0 aliphatic heterocycles. The van der Waals surface area contributed by atoms with Crippen LogP contribution in [0, 0.1) is 5.41 Å². The summed E-state index contributed by atoms with van der Waals surface area (Å²) in [6.45, 7) is 8.09. The molecule has 1 amide bonds. The molecule has 0 aliphatic carbocycles. The number of carbonyl (C=O) groups excluding carboxylic acids is 1. The minimum absolute atomic E-state index is 0.00165. The fraction of sp³-hybridized carbons (Fsp3) is 0.500. The van der Waals surface area contributed by atoms with E-state index in [0.717, 1.165) is 5.56 Å². The largest absolute Gasteiger partial charge is 0.508 e. The van der Waals surface area contributed by atoms with Gasteiger partial charge in [0, 0.05) is 0 Å². The molecular formula is C14H21NO2. The van der Waals surface area contributed by atoms with Crippen LogP contribution in [0.1, 0.15) is 39.7 Å². The summed E-state index contributed by atoms with van der Waals surface area (Å²) in [7, 11) is 0. The molecule has 3 heteroatoms. The van der Waals surface area contributed by atoms with E-state index in [4.69, 9.17) is 5.73 Å². The average Bonchev–Trinajstić information content (AvgIpc) is 2.15. The van der Waals surface area contributed by atoms with Crippen LogP contribution in [-0.2, 0) is 10.2 Å². The first-order valence-electron chi connectivity index (χ1n) is 5.74. The van der Waals surface area contributed by atoms with Crippen molar-refractivity contribution in [3.8, 4) is 5.75 Å². The number of aromatic hydroxyl groups is 1. The summed E-state index contributed by atoms with van der Waals surface area (Å²) in [5, 5.41) is 9.28. The van der Waals surface area contributed by atoms with Crippen molar-refractivity contribution >= 4 is 5.91 Å². The van der Waals surface area contributed by atoms with Gasteiger partial charge in [0.1, 0.15) is 5.75 Å². The number of hydrogen-bond donors (Lipinski definition) is 2. The zero-order valence-corrected chi connectivity index (χ0v) is 10.9. The Kier molecular flexibility index (Phi) is 3.51. The molecule has 0 bridgehead atoms. The summed E-state index contributed by atoms with van der Waals surface area (Å²) in [5.74, 6) is -0.144. The third-order valence-electron chi connectivity index (χ3n) is 2.93. The highest BCUT2D eigenvalue weighted by Crippen LogP contribution is 2.36. The molecule has 1 aromatic rings. The molecule has 1 unspecified atom stereocenters. The maximum Gasteiger partial charge on any atom is 0.227 e. The van der Waals surface area contributed by atoms with E-state index in [1.54, 1.807) is 24.3 Å². The molecule has 0 radical (unpaired) electrons. The van der Waals surface area contributed by atoms with Crippen LogP contribution in [0.15, 0.2) is 24.3 Å². The van der Waals surface area contributed by atoms with Crippen LogP contribution in [0.2, 0.25) is 0 Å². The second-order valence-corrected chi connectivity index (χ2v) is 5.98. The zero-order valence-electron chi connectivity index (χ0n) is 10.9. The lowest BCUT2D eigenvalue weighted by molar-refractivity contribution is -0.124. The molecule has 0 aromatic heterocycles. The molecule has 1 atom stereocenters. The highest BCUT2D eigenvalue weighted by molar-refractivity contribution is 5.86. The maximum atomic E-state index is 11.7. The van der Waals surface area contributed by atoms with Gasteiger partial charge in [0.2, 0.25) is 5.91 Å². The van der Waals surface area contributed by atoms with Crippen LogP contribution in [0.3, 0.4) is 0 Å². The second-order valence-electron chi connectivity index (χ2n) is 5.98. The van der Waals surface area contributed by atoms with E-state index in [9.17, 15) is 9.90 Å². The van der Waals surface area contributed by atoms with Gasteiger partial charge in [-0.1, -0.05) is 32.9 Å². The fourth-order valence-electron chi connectivity index (χ4n) is 2.22. The summed E-state index contributed by atoms with van der Waals surface area (Å²) in [6.07, 6.45) is 0.667. The Morgan fingerprint density at radius 3 is 2.00 bits per heavy atom. The van der Waals surface area contributed by atoms with Gasteiger partial charge in [-0.2, -0.15) is 0 Å². The van der Waals surface area contributed by atoms with Crippen molar-refractivity contribution in [2.45, 2.75) is 39.5 Å². The normalized spacial score (nSPS) is 15.3. The highest BCUT2D eigenvalue weighted by Gasteiger charge is 2.37. The quantitative estimate of drug-likeness (QED) is 0.845. The lowest BCUT2D eigenvalue weighted by Gasteiger charge is -2.33. The topological polar surface area (TPSA) is 63.3 Å². The number of rotatable bonds is 3. The van der Waals surface area contributed by atoms with Gasteiger partial charge in [0.15, 0.2) is 0 Å². The standard InChI is InChI=1S/C14H21NO2/c1-13(2,3)9-14(4,12(15)17)10-5-7-11(16)8-6-10/h5-8,16H,9H2,1-4H3,(H2,15,17). The van der Waals surface area contributed by atoms with E-state index < -0.39 is 5.41 Å². The van der Waals surface area contributed by atoms with E-state index >= 15 is 0 Å². The van der Waals surface area contributed by atoms with Gasteiger partial charge in [-0.05, 0) is 36.5 Å². The van der Waals surface area contributed by atoms with Crippen molar-refractivity contribution in [2.75, 3.05) is 0 Å². The lowest BCUT2D eigenvalue weighted by atomic mass is 9.70. The molecule has 3 N–H and O–H groups in total. The van der Waals surface area contributed by atoms with Gasteiger partial charge in [0.25, 0.3) is 0 Å². The van der Waals surface area contributed by atoms with Crippen molar-refractivity contribution < 1.29 is 9.90 Å². The molecule has 94 valence electrons. The van der Waals surface area contributed by atoms with Gasteiger partial charge in [-0.3, -0.25) is 4.79 Å². The monoisotopic (exact) mass is 235 g/mol. The first-order chi connectivity index (χ1) is 7.65. The van der Waals surface area contributed by atoms with E-state index in [-0.39, 0.29) is 17.1 Å². The lowest BCUT2D eigenvalue weighted by Crippen LogP contribution is -2.41. The Morgan fingerprint density at radius 1 is 1.18 bits per heavy atom. The molecular weight excluding hydrogens is 214 g/mol. The van der Waals surface area contributed by atoms with E-state index in [0.29, 0.717) is 6.42 Å². The Bertz CT molecular complexity index is 403. The van der Waals surface area contributed by atoms with E-state index in [1.807, 2.05) is 6.92 Å². The minimum atomic E-state index is -0.702. The van der Waals surface area contributed by atoms with Crippen molar-refractivity contribution in [1.29, 1.82) is 0 Å². The minimum Gasteiger partial charge on any atom is -0.508 e. The van der Waals surface area contributed by atoms with Crippen LogP contribution in [0.25, 0.3) is 0 Å². The van der Waals surface area contributed by atoms with Gasteiger partial charge >= 0.3 is 0 Å². The number of phenolic OH excluding ortho intramolecular Hbond substituents is 1. The molecule has 3 nitrogen and oxygen atoms in total. The van der Waals surface area contributed by atoms with Crippen LogP contribution in [0.5, 0.6) is 5.75 Å². The van der Waals surface area contributed by atoms with Crippen molar-refractivity contribution in [3.05, 3.63) is 29.8 Å². The molecule has 0 saturated carbocycles. The summed E-state index contributed by atoms with van der Waals surface area (Å²) in [6, 6.07) is 6.68. The number of hydrogen-bond acceptors (Lipinski definition) is 2. The third-order valence-corrected chi connectivity index (χ3v) is 2.93. The molecule has 0 fully saturated rings. The average molecular weight is 235 g/mol. The van der Waals surface area contributed by atoms with Gasteiger partial charge in [-0.15, -0.1) is 0 Å². The Morgan fingerprint density at radius 2 is 1.65 bits per heavy atom. The number of nitrogens with two attached hydrogens (primary N) is 1. The summed E-state index contributed by atoms with van der Waals surface area (Å²) in [5.41, 5.74) is 5.69. The summed E-state index contributed by atoms with van der Waals surface area (Å²) < 4.78 is 0. The van der Waals surface area contributed by atoms with Gasteiger partial charge < -0.3 is 10.8 Å². The number of phenols is 1. The van der Waals surface area contributed by atoms with Crippen molar-refractivity contribution in [1.82, 2.24) is 0 Å². The summed E-state index contributed by atoms with van der Waals surface area (Å²) >= 11 is 0. The van der Waals surface area contributed by atoms with E-state index in [2.05, 4.69) is 20.8 Å². The van der Waals surface area contributed by atoms with Gasteiger partial charge in [0.05, 0.1) is 5.41 Å². The molecule has 1 rings (SSSR count). The number of carbonyl (C=O) groups is 1. The molecule has 0 aliphatic rings. The SMILES string of the molecule is CC(C)(C)CC(C)(C(N)=O)c1ccc(O)cc1. The zero-order chi connectivity index (χ0) is 13.3. The maximum absolute atomic E-state index is 11.7. The Balaban J connectivity index is 3.16.